The van der Waals surface area contributed by atoms with Crippen LogP contribution < -0.4 is 5.32 Å². The zero-order valence-electron chi connectivity index (χ0n) is 11.3. The highest BCUT2D eigenvalue weighted by Gasteiger charge is 2.08. The normalized spacial score (nSPS) is 12.6. The lowest BCUT2D eigenvalue weighted by atomic mass is 10.1. The maximum Gasteiger partial charge on any atom is 0.163 e. The number of hydrogen-bond donors (Lipinski definition) is 2. The van der Waals surface area contributed by atoms with E-state index >= 15 is 0 Å². The minimum atomic E-state index is -0.499. The highest BCUT2D eigenvalue weighted by atomic mass is 16.3. The molecule has 0 saturated carbocycles. The van der Waals surface area contributed by atoms with Gasteiger partial charge in [0.2, 0.25) is 0 Å². The highest BCUT2D eigenvalue weighted by Crippen LogP contribution is 2.24. The van der Waals surface area contributed by atoms with Crippen LogP contribution in [0, 0.1) is 0 Å². The lowest BCUT2D eigenvalue weighted by Crippen LogP contribution is -1.98. The van der Waals surface area contributed by atoms with E-state index in [1.165, 1.54) is 6.33 Å². The van der Waals surface area contributed by atoms with Crippen molar-refractivity contribution in [3.63, 3.8) is 0 Å². The number of aryl methyl sites for hydroxylation is 1. The number of aromatic nitrogens is 4. The summed E-state index contributed by atoms with van der Waals surface area (Å²) in [6.07, 6.45) is 2.74. The van der Waals surface area contributed by atoms with Crippen LogP contribution in [-0.2, 0) is 7.05 Å². The molecule has 20 heavy (non-hydrogen) atoms. The number of benzene rings is 1. The maximum atomic E-state index is 9.62. The molecule has 0 bridgehead atoms. The van der Waals surface area contributed by atoms with E-state index < -0.39 is 6.10 Å². The lowest BCUT2D eigenvalue weighted by molar-refractivity contribution is 0.199. The second-order valence-electron chi connectivity index (χ2n) is 4.65. The van der Waals surface area contributed by atoms with Gasteiger partial charge in [-0.2, -0.15) is 5.10 Å². The molecule has 1 atom stereocenters. The summed E-state index contributed by atoms with van der Waals surface area (Å²) in [6, 6.07) is 7.60. The monoisotopic (exact) mass is 269 g/mol. The molecule has 6 nitrogen and oxygen atoms in total. The largest absolute Gasteiger partial charge is 0.389 e. The van der Waals surface area contributed by atoms with Crippen molar-refractivity contribution < 1.29 is 5.11 Å². The molecule has 6 heteroatoms. The van der Waals surface area contributed by atoms with Crippen LogP contribution in [0.25, 0.3) is 11.0 Å². The molecule has 0 aliphatic heterocycles. The summed E-state index contributed by atoms with van der Waals surface area (Å²) in [7, 11) is 1.84. The lowest BCUT2D eigenvalue weighted by Gasteiger charge is -2.09. The smallest absolute Gasteiger partial charge is 0.163 e. The van der Waals surface area contributed by atoms with Crippen LogP contribution in [0.15, 0.2) is 36.8 Å². The fourth-order valence-corrected chi connectivity index (χ4v) is 2.07. The topological polar surface area (TPSA) is 75.9 Å². The number of nitrogens with one attached hydrogen (secondary N) is 1. The third-order valence-electron chi connectivity index (χ3n) is 3.16. The quantitative estimate of drug-likeness (QED) is 0.762. The standard InChI is InChI=1S/C14H15N5O/c1-9(20)10-4-3-5-11(6-10)18-13-12-7-17-19(2)14(12)16-8-15-13/h3-9,20H,1-2H3,(H,15,16,18). The molecule has 102 valence electrons. The van der Waals surface area contributed by atoms with Gasteiger partial charge < -0.3 is 10.4 Å². The summed E-state index contributed by atoms with van der Waals surface area (Å²) in [5.41, 5.74) is 2.49. The van der Waals surface area contributed by atoms with Crippen LogP contribution in [0.5, 0.6) is 0 Å². The molecule has 0 fully saturated rings. The van der Waals surface area contributed by atoms with Gasteiger partial charge in [-0.25, -0.2) is 9.97 Å². The van der Waals surface area contributed by atoms with Crippen LogP contribution >= 0.6 is 0 Å². The number of nitrogens with zero attached hydrogens (tertiary/aromatic N) is 4. The van der Waals surface area contributed by atoms with Crippen molar-refractivity contribution in [2.75, 3.05) is 5.32 Å². The molecule has 0 aliphatic carbocycles. The van der Waals surface area contributed by atoms with Gasteiger partial charge in [0.25, 0.3) is 0 Å². The molecule has 2 aromatic heterocycles. The Morgan fingerprint density at radius 2 is 2.15 bits per heavy atom. The summed E-state index contributed by atoms with van der Waals surface area (Å²) in [6.45, 7) is 1.74. The van der Waals surface area contributed by atoms with Crippen LogP contribution in [-0.4, -0.2) is 24.9 Å². The van der Waals surface area contributed by atoms with E-state index in [-0.39, 0.29) is 0 Å². The first-order valence-electron chi connectivity index (χ1n) is 6.33. The molecule has 3 aromatic rings. The van der Waals surface area contributed by atoms with Crippen LogP contribution in [0.2, 0.25) is 0 Å². The zero-order chi connectivity index (χ0) is 14.1. The molecule has 0 aliphatic rings. The Balaban J connectivity index is 1.99. The molecular formula is C14H15N5O. The summed E-state index contributed by atoms with van der Waals surface area (Å²) in [5, 5.41) is 17.9. The first kappa shape index (κ1) is 12.6. The van der Waals surface area contributed by atoms with Gasteiger partial charge in [-0.3, -0.25) is 4.68 Å². The van der Waals surface area contributed by atoms with Crippen LogP contribution in [0.3, 0.4) is 0 Å². The maximum absolute atomic E-state index is 9.62. The molecule has 0 spiro atoms. The van der Waals surface area contributed by atoms with Crippen molar-refractivity contribution in [3.8, 4) is 0 Å². The van der Waals surface area contributed by atoms with Crippen molar-refractivity contribution in [2.24, 2.45) is 7.05 Å². The number of hydrogen-bond acceptors (Lipinski definition) is 5. The highest BCUT2D eigenvalue weighted by molar-refractivity contribution is 5.88. The van der Waals surface area contributed by atoms with Gasteiger partial charge in [0.15, 0.2) is 5.65 Å². The van der Waals surface area contributed by atoms with Gasteiger partial charge >= 0.3 is 0 Å². The van der Waals surface area contributed by atoms with Gasteiger partial charge in [0.05, 0.1) is 17.7 Å². The summed E-state index contributed by atoms with van der Waals surface area (Å²) < 4.78 is 1.70. The zero-order valence-corrected chi connectivity index (χ0v) is 11.3. The fourth-order valence-electron chi connectivity index (χ4n) is 2.07. The minimum absolute atomic E-state index is 0.499. The van der Waals surface area contributed by atoms with E-state index in [0.717, 1.165) is 22.3 Å². The average Bonchev–Trinajstić information content (AvgIpc) is 2.82. The predicted octanol–water partition coefficient (Wildman–Crippen LogP) is 2.16. The van der Waals surface area contributed by atoms with Gasteiger partial charge in [-0.05, 0) is 24.6 Å². The number of rotatable bonds is 3. The SMILES string of the molecule is CC(O)c1cccc(Nc2ncnc3c2cnn3C)c1. The summed E-state index contributed by atoms with van der Waals surface area (Å²) in [5.74, 6) is 0.700. The Bertz CT molecular complexity index is 750. The van der Waals surface area contributed by atoms with Crippen molar-refractivity contribution in [3.05, 3.63) is 42.4 Å². The number of anilines is 2. The molecule has 0 amide bonds. The predicted molar refractivity (Wildman–Crippen MR) is 76.7 cm³/mol. The second-order valence-corrected chi connectivity index (χ2v) is 4.65. The number of fused-ring (bicyclic) bond motifs is 1. The van der Waals surface area contributed by atoms with Gasteiger partial charge in [0, 0.05) is 12.7 Å². The van der Waals surface area contributed by atoms with Gasteiger partial charge in [-0.1, -0.05) is 12.1 Å². The van der Waals surface area contributed by atoms with Gasteiger partial charge in [0.1, 0.15) is 12.1 Å². The van der Waals surface area contributed by atoms with Gasteiger partial charge in [-0.15, -0.1) is 0 Å². The Labute approximate surface area is 116 Å². The third-order valence-corrected chi connectivity index (χ3v) is 3.16. The molecule has 1 aromatic carbocycles. The Morgan fingerprint density at radius 3 is 2.95 bits per heavy atom. The molecule has 3 rings (SSSR count). The van der Waals surface area contributed by atoms with E-state index in [4.69, 9.17) is 0 Å². The van der Waals surface area contributed by atoms with E-state index in [9.17, 15) is 5.11 Å². The number of aliphatic hydroxyl groups excluding tert-OH is 1. The fraction of sp³-hybridized carbons (Fsp3) is 0.214. The Kier molecular flexibility index (Phi) is 3.08. The molecular weight excluding hydrogens is 254 g/mol. The van der Waals surface area contributed by atoms with E-state index in [0.29, 0.717) is 5.82 Å². The van der Waals surface area contributed by atoms with Crippen LogP contribution in [0.1, 0.15) is 18.6 Å². The Hall–Kier alpha value is -2.47. The summed E-state index contributed by atoms with van der Waals surface area (Å²) in [4.78, 5) is 8.45. The van der Waals surface area contributed by atoms with E-state index in [1.807, 2.05) is 31.3 Å². The average molecular weight is 269 g/mol. The first-order chi connectivity index (χ1) is 9.65. The molecule has 0 radical (unpaired) electrons. The third kappa shape index (κ3) is 2.21. The van der Waals surface area contributed by atoms with Crippen LogP contribution in [0.4, 0.5) is 11.5 Å². The van der Waals surface area contributed by atoms with E-state index in [2.05, 4.69) is 20.4 Å². The minimum Gasteiger partial charge on any atom is -0.389 e. The van der Waals surface area contributed by atoms with Crippen molar-refractivity contribution in [2.45, 2.75) is 13.0 Å². The molecule has 2 N–H and O–H groups in total. The van der Waals surface area contributed by atoms with Crippen molar-refractivity contribution in [1.29, 1.82) is 0 Å². The second kappa shape index (κ2) is 4.90. The molecule has 1 unspecified atom stereocenters. The first-order valence-corrected chi connectivity index (χ1v) is 6.33. The van der Waals surface area contributed by atoms with Crippen molar-refractivity contribution >= 4 is 22.5 Å². The molecule has 2 heterocycles. The number of aliphatic hydroxyl groups is 1. The Morgan fingerprint density at radius 1 is 1.30 bits per heavy atom. The van der Waals surface area contributed by atoms with Crippen molar-refractivity contribution in [1.82, 2.24) is 19.7 Å². The molecule has 0 saturated heterocycles. The summed E-state index contributed by atoms with van der Waals surface area (Å²) >= 11 is 0. The van der Waals surface area contributed by atoms with E-state index in [1.54, 1.807) is 17.8 Å².